The maximum atomic E-state index is 5.73. The molecule has 4 rings (SSSR count). The van der Waals surface area contributed by atoms with E-state index in [2.05, 4.69) is 40.4 Å². The molecule has 1 atom stereocenters. The van der Waals surface area contributed by atoms with E-state index in [1.54, 1.807) is 0 Å². The number of ether oxygens (including phenoxy) is 1. The monoisotopic (exact) mass is 353 g/mol. The molecule has 2 aliphatic heterocycles. The Morgan fingerprint density at radius 3 is 2.65 bits per heavy atom. The molecule has 6 nitrogen and oxygen atoms in total. The van der Waals surface area contributed by atoms with Crippen molar-refractivity contribution >= 4 is 11.6 Å². The first kappa shape index (κ1) is 17.2. The molecule has 2 aromatic rings. The first-order valence-corrected chi connectivity index (χ1v) is 9.51. The van der Waals surface area contributed by atoms with Crippen LogP contribution in [0.1, 0.15) is 12.8 Å². The Kier molecular flexibility index (Phi) is 5.32. The summed E-state index contributed by atoms with van der Waals surface area (Å²) < 4.78 is 5.73. The van der Waals surface area contributed by atoms with E-state index in [0.717, 1.165) is 75.2 Å². The molecule has 0 spiro atoms. The largest absolute Gasteiger partial charge is 0.376 e. The zero-order valence-electron chi connectivity index (χ0n) is 15.4. The van der Waals surface area contributed by atoms with Gasteiger partial charge in [0, 0.05) is 51.0 Å². The van der Waals surface area contributed by atoms with Crippen LogP contribution in [0.15, 0.2) is 36.4 Å². The average molecular weight is 353 g/mol. The number of piperazine rings is 1. The fraction of sp³-hybridized carbons (Fsp3) is 0.500. The van der Waals surface area contributed by atoms with Crippen LogP contribution in [0.2, 0.25) is 0 Å². The summed E-state index contributed by atoms with van der Waals surface area (Å²) in [5, 5.41) is 3.47. The van der Waals surface area contributed by atoms with Crippen molar-refractivity contribution in [1.82, 2.24) is 14.9 Å². The van der Waals surface area contributed by atoms with E-state index in [1.165, 1.54) is 0 Å². The normalized spacial score (nSPS) is 21.1. The molecule has 0 saturated carbocycles. The fourth-order valence-corrected chi connectivity index (χ4v) is 3.46. The summed E-state index contributed by atoms with van der Waals surface area (Å²) in [5.74, 6) is 2.65. The van der Waals surface area contributed by atoms with Gasteiger partial charge in [-0.1, -0.05) is 30.3 Å². The minimum atomic E-state index is 0.289. The number of nitrogens with zero attached hydrogens (tertiary/aromatic N) is 4. The highest BCUT2D eigenvalue weighted by Crippen LogP contribution is 2.24. The van der Waals surface area contributed by atoms with Crippen molar-refractivity contribution in [1.29, 1.82) is 0 Å². The van der Waals surface area contributed by atoms with Crippen LogP contribution in [0.4, 0.5) is 11.6 Å². The third-order valence-corrected chi connectivity index (χ3v) is 5.11. The number of anilines is 2. The highest BCUT2D eigenvalue weighted by molar-refractivity contribution is 5.61. The number of rotatable bonds is 5. The van der Waals surface area contributed by atoms with Gasteiger partial charge in [0.05, 0.1) is 6.10 Å². The molecule has 6 heteroatoms. The Hall–Kier alpha value is -2.18. The Morgan fingerprint density at radius 1 is 1.12 bits per heavy atom. The Bertz CT molecular complexity index is 709. The second-order valence-electron chi connectivity index (χ2n) is 7.11. The maximum Gasteiger partial charge on any atom is 0.163 e. The minimum absolute atomic E-state index is 0.289. The van der Waals surface area contributed by atoms with Gasteiger partial charge in [0.2, 0.25) is 0 Å². The zero-order valence-corrected chi connectivity index (χ0v) is 15.4. The first-order valence-electron chi connectivity index (χ1n) is 9.51. The van der Waals surface area contributed by atoms with Gasteiger partial charge in [-0.3, -0.25) is 0 Å². The summed E-state index contributed by atoms with van der Waals surface area (Å²) in [5.41, 5.74) is 1.05. The van der Waals surface area contributed by atoms with E-state index in [0.29, 0.717) is 0 Å². The standard InChI is InChI=1S/C20H27N5O/c1-24-9-11-25(12-10-24)19-14-18(21-15-17-8-5-13-26-17)22-20(23-19)16-6-3-2-4-7-16/h2-4,6-7,14,17H,5,8-13,15H2,1H3,(H,21,22,23). The van der Waals surface area contributed by atoms with Crippen molar-refractivity contribution in [2.75, 3.05) is 56.6 Å². The molecule has 0 amide bonds. The molecule has 1 aromatic heterocycles. The highest BCUT2D eigenvalue weighted by Gasteiger charge is 2.19. The summed E-state index contributed by atoms with van der Waals surface area (Å²) >= 11 is 0. The van der Waals surface area contributed by atoms with E-state index in [4.69, 9.17) is 14.7 Å². The van der Waals surface area contributed by atoms with Gasteiger partial charge in [-0.2, -0.15) is 0 Å². The van der Waals surface area contributed by atoms with Crippen LogP contribution >= 0.6 is 0 Å². The zero-order chi connectivity index (χ0) is 17.8. The Morgan fingerprint density at radius 2 is 1.92 bits per heavy atom. The van der Waals surface area contributed by atoms with E-state index in [9.17, 15) is 0 Å². The second kappa shape index (κ2) is 8.01. The van der Waals surface area contributed by atoms with Crippen LogP contribution in [0, 0.1) is 0 Å². The SMILES string of the molecule is CN1CCN(c2cc(NCC3CCCO3)nc(-c3ccccc3)n2)CC1. The van der Waals surface area contributed by atoms with Gasteiger partial charge >= 0.3 is 0 Å². The first-order chi connectivity index (χ1) is 12.8. The number of likely N-dealkylation sites (N-methyl/N-ethyl adjacent to an activating group) is 1. The lowest BCUT2D eigenvalue weighted by atomic mass is 10.2. The molecule has 0 bridgehead atoms. The van der Waals surface area contributed by atoms with Crippen LogP contribution < -0.4 is 10.2 Å². The smallest absolute Gasteiger partial charge is 0.163 e. The molecule has 26 heavy (non-hydrogen) atoms. The van der Waals surface area contributed by atoms with Gasteiger partial charge in [0.25, 0.3) is 0 Å². The predicted octanol–water partition coefficient (Wildman–Crippen LogP) is 2.49. The highest BCUT2D eigenvalue weighted by atomic mass is 16.5. The number of benzene rings is 1. The summed E-state index contributed by atoms with van der Waals surface area (Å²) in [4.78, 5) is 14.3. The molecule has 1 N–H and O–H groups in total. The van der Waals surface area contributed by atoms with E-state index in [-0.39, 0.29) is 6.10 Å². The maximum absolute atomic E-state index is 5.73. The number of hydrogen-bond donors (Lipinski definition) is 1. The summed E-state index contributed by atoms with van der Waals surface area (Å²) in [6.07, 6.45) is 2.56. The molecule has 0 radical (unpaired) electrons. The lowest BCUT2D eigenvalue weighted by molar-refractivity contribution is 0.120. The van der Waals surface area contributed by atoms with E-state index < -0.39 is 0 Å². The van der Waals surface area contributed by atoms with Crippen molar-refractivity contribution in [3.05, 3.63) is 36.4 Å². The van der Waals surface area contributed by atoms with Crippen molar-refractivity contribution in [3.8, 4) is 11.4 Å². The second-order valence-corrected chi connectivity index (χ2v) is 7.11. The van der Waals surface area contributed by atoms with Gasteiger partial charge in [-0.25, -0.2) is 9.97 Å². The molecular weight excluding hydrogens is 326 g/mol. The summed E-state index contributed by atoms with van der Waals surface area (Å²) in [7, 11) is 2.17. The molecule has 3 heterocycles. The van der Waals surface area contributed by atoms with Crippen LogP contribution in [0.25, 0.3) is 11.4 Å². The summed E-state index contributed by atoms with van der Waals surface area (Å²) in [6, 6.07) is 12.3. The van der Waals surface area contributed by atoms with Crippen molar-refractivity contribution in [2.24, 2.45) is 0 Å². The van der Waals surface area contributed by atoms with E-state index >= 15 is 0 Å². The lowest BCUT2D eigenvalue weighted by Crippen LogP contribution is -2.44. The number of hydrogen-bond acceptors (Lipinski definition) is 6. The Labute approximate surface area is 155 Å². The molecule has 138 valence electrons. The van der Waals surface area contributed by atoms with Gasteiger partial charge in [0.15, 0.2) is 5.82 Å². The average Bonchev–Trinajstić information content (AvgIpc) is 3.21. The predicted molar refractivity (Wildman–Crippen MR) is 105 cm³/mol. The molecule has 2 saturated heterocycles. The quantitative estimate of drug-likeness (QED) is 0.891. The third kappa shape index (κ3) is 4.14. The van der Waals surface area contributed by atoms with Crippen LogP contribution in [-0.2, 0) is 4.74 Å². The Balaban J connectivity index is 1.58. The fourth-order valence-electron chi connectivity index (χ4n) is 3.46. The van der Waals surface area contributed by atoms with Crippen LogP contribution in [0.5, 0.6) is 0 Å². The molecular formula is C20H27N5O. The number of nitrogens with one attached hydrogen (secondary N) is 1. The minimum Gasteiger partial charge on any atom is -0.376 e. The summed E-state index contributed by atoms with van der Waals surface area (Å²) in [6.45, 7) is 5.78. The van der Waals surface area contributed by atoms with Gasteiger partial charge in [0.1, 0.15) is 11.6 Å². The van der Waals surface area contributed by atoms with Crippen molar-refractivity contribution < 1.29 is 4.74 Å². The van der Waals surface area contributed by atoms with E-state index in [1.807, 2.05) is 18.2 Å². The topological polar surface area (TPSA) is 53.5 Å². The third-order valence-electron chi connectivity index (χ3n) is 5.11. The molecule has 1 unspecified atom stereocenters. The van der Waals surface area contributed by atoms with Crippen LogP contribution in [-0.4, -0.2) is 67.4 Å². The van der Waals surface area contributed by atoms with Gasteiger partial charge in [-0.05, 0) is 19.9 Å². The van der Waals surface area contributed by atoms with Crippen molar-refractivity contribution in [3.63, 3.8) is 0 Å². The molecule has 1 aromatic carbocycles. The lowest BCUT2D eigenvalue weighted by Gasteiger charge is -2.33. The van der Waals surface area contributed by atoms with Crippen molar-refractivity contribution in [2.45, 2.75) is 18.9 Å². The molecule has 0 aliphatic carbocycles. The number of aromatic nitrogens is 2. The van der Waals surface area contributed by atoms with Gasteiger partial charge in [-0.15, -0.1) is 0 Å². The molecule has 2 aliphatic rings. The van der Waals surface area contributed by atoms with Crippen LogP contribution in [0.3, 0.4) is 0 Å². The van der Waals surface area contributed by atoms with Gasteiger partial charge < -0.3 is 19.9 Å². The molecule has 2 fully saturated rings.